The van der Waals surface area contributed by atoms with E-state index in [0.717, 1.165) is 18.0 Å². The molecule has 0 fully saturated rings. The summed E-state index contributed by atoms with van der Waals surface area (Å²) in [6.07, 6.45) is 3.95. The van der Waals surface area contributed by atoms with Crippen LogP contribution >= 0.6 is 0 Å². The number of nitrogens with one attached hydrogen (secondary N) is 1. The third kappa shape index (κ3) is 6.11. The molecule has 0 unspecified atom stereocenters. The largest absolute Gasteiger partial charge is 0.490 e. The van der Waals surface area contributed by atoms with Gasteiger partial charge in [0.15, 0.2) is 11.5 Å². The first-order chi connectivity index (χ1) is 9.46. The van der Waals surface area contributed by atoms with Crippen LogP contribution in [0, 0.1) is 0 Å². The summed E-state index contributed by atoms with van der Waals surface area (Å²) in [6, 6.07) is 6.10. The highest BCUT2D eigenvalue weighted by Crippen LogP contribution is 2.28. The van der Waals surface area contributed by atoms with Gasteiger partial charge in [0, 0.05) is 12.1 Å². The molecule has 0 heterocycles. The van der Waals surface area contributed by atoms with Crippen molar-refractivity contribution in [1.29, 1.82) is 0 Å². The summed E-state index contributed by atoms with van der Waals surface area (Å²) in [7, 11) is 0. The zero-order valence-electron chi connectivity index (χ0n) is 13.3. The second-order valence-corrected chi connectivity index (χ2v) is 5.70. The Bertz CT molecular complexity index is 433. The number of hydrogen-bond acceptors (Lipinski definition) is 3. The molecule has 0 bridgehead atoms. The molecule has 20 heavy (non-hydrogen) atoms. The Morgan fingerprint density at radius 3 is 2.50 bits per heavy atom. The van der Waals surface area contributed by atoms with Crippen LogP contribution in [0.15, 0.2) is 30.4 Å². The quantitative estimate of drug-likeness (QED) is 0.766. The fourth-order valence-electron chi connectivity index (χ4n) is 1.65. The van der Waals surface area contributed by atoms with Crippen LogP contribution in [0.1, 0.15) is 40.2 Å². The second kappa shape index (κ2) is 7.95. The van der Waals surface area contributed by atoms with Gasteiger partial charge in [0.05, 0.1) is 6.61 Å². The Balaban J connectivity index is 2.77. The van der Waals surface area contributed by atoms with Crippen molar-refractivity contribution in [2.24, 2.45) is 0 Å². The van der Waals surface area contributed by atoms with Crippen LogP contribution in [0.25, 0.3) is 0 Å². The maximum atomic E-state index is 5.70. The maximum Gasteiger partial charge on any atom is 0.161 e. The summed E-state index contributed by atoms with van der Waals surface area (Å²) in [5.41, 5.74) is 1.30. The lowest BCUT2D eigenvalue weighted by molar-refractivity contribution is 0.296. The van der Waals surface area contributed by atoms with Crippen LogP contribution in [0.5, 0.6) is 11.5 Å². The van der Waals surface area contributed by atoms with E-state index in [1.807, 2.05) is 38.1 Å². The van der Waals surface area contributed by atoms with Gasteiger partial charge in [-0.15, -0.1) is 0 Å². The summed E-state index contributed by atoms with van der Waals surface area (Å²) in [5.74, 6) is 1.61. The molecule has 0 amide bonds. The van der Waals surface area contributed by atoms with Gasteiger partial charge in [-0.05, 0) is 52.3 Å². The molecule has 0 radical (unpaired) electrons. The summed E-state index contributed by atoms with van der Waals surface area (Å²) in [5, 5.41) is 3.47. The molecule has 112 valence electrons. The van der Waals surface area contributed by atoms with Crippen molar-refractivity contribution in [3.05, 3.63) is 35.9 Å². The molecule has 3 heteroatoms. The minimum atomic E-state index is 0.104. The lowest BCUT2D eigenvalue weighted by Crippen LogP contribution is -2.35. The Kier molecular flexibility index (Phi) is 6.59. The first kappa shape index (κ1) is 16.6. The van der Waals surface area contributed by atoms with Gasteiger partial charge in [0.25, 0.3) is 0 Å². The van der Waals surface area contributed by atoms with Crippen LogP contribution < -0.4 is 14.8 Å². The monoisotopic (exact) mass is 277 g/mol. The molecular formula is C17H27NO2. The molecular weight excluding hydrogens is 250 g/mol. The van der Waals surface area contributed by atoms with Crippen LogP contribution in [-0.4, -0.2) is 18.8 Å². The topological polar surface area (TPSA) is 30.5 Å². The third-order valence-corrected chi connectivity index (χ3v) is 2.70. The van der Waals surface area contributed by atoms with E-state index in [9.17, 15) is 0 Å². The van der Waals surface area contributed by atoms with Gasteiger partial charge < -0.3 is 14.8 Å². The number of benzene rings is 1. The van der Waals surface area contributed by atoms with E-state index in [2.05, 4.69) is 32.2 Å². The van der Waals surface area contributed by atoms with E-state index in [4.69, 9.17) is 9.47 Å². The zero-order chi connectivity index (χ0) is 15.0. The van der Waals surface area contributed by atoms with E-state index in [1.165, 1.54) is 5.56 Å². The standard InChI is InChI=1S/C17H27NO2/c1-6-8-11-20-15-10-9-14(12-16(15)19-7-2)13-18-17(3,4)5/h6,8-10,12,18H,7,11,13H2,1-5H3. The summed E-state index contributed by atoms with van der Waals surface area (Å²) >= 11 is 0. The molecule has 1 aromatic carbocycles. The van der Waals surface area contributed by atoms with E-state index in [0.29, 0.717) is 13.2 Å². The maximum absolute atomic E-state index is 5.70. The Morgan fingerprint density at radius 1 is 1.15 bits per heavy atom. The van der Waals surface area contributed by atoms with Gasteiger partial charge >= 0.3 is 0 Å². The molecule has 0 aromatic heterocycles. The summed E-state index contributed by atoms with van der Waals surface area (Å²) in [4.78, 5) is 0. The third-order valence-electron chi connectivity index (χ3n) is 2.70. The first-order valence-electron chi connectivity index (χ1n) is 7.21. The molecule has 1 N–H and O–H groups in total. The number of hydrogen-bond donors (Lipinski definition) is 1. The van der Waals surface area contributed by atoms with Crippen molar-refractivity contribution in [1.82, 2.24) is 5.32 Å². The predicted molar refractivity (Wildman–Crippen MR) is 84.5 cm³/mol. The second-order valence-electron chi connectivity index (χ2n) is 5.70. The lowest BCUT2D eigenvalue weighted by atomic mass is 10.1. The van der Waals surface area contributed by atoms with Crippen LogP contribution in [0.3, 0.4) is 0 Å². The van der Waals surface area contributed by atoms with Gasteiger partial charge in [0.1, 0.15) is 6.61 Å². The fraction of sp³-hybridized carbons (Fsp3) is 0.529. The Morgan fingerprint density at radius 2 is 1.90 bits per heavy atom. The molecule has 0 atom stereocenters. The highest BCUT2D eigenvalue weighted by Gasteiger charge is 2.10. The van der Waals surface area contributed by atoms with Crippen molar-refractivity contribution in [3.63, 3.8) is 0 Å². The molecule has 0 aliphatic heterocycles. The average molecular weight is 277 g/mol. The van der Waals surface area contributed by atoms with E-state index in [-0.39, 0.29) is 5.54 Å². The number of ether oxygens (including phenoxy) is 2. The SMILES string of the molecule is CC=CCOc1ccc(CNC(C)(C)C)cc1OCC. The highest BCUT2D eigenvalue weighted by molar-refractivity contribution is 5.43. The molecule has 1 rings (SSSR count). The van der Waals surface area contributed by atoms with Crippen molar-refractivity contribution in [2.75, 3.05) is 13.2 Å². The van der Waals surface area contributed by atoms with Gasteiger partial charge in [-0.1, -0.05) is 18.2 Å². The normalized spacial score (nSPS) is 11.8. The van der Waals surface area contributed by atoms with Crippen LogP contribution in [0.2, 0.25) is 0 Å². The van der Waals surface area contributed by atoms with Crippen LogP contribution in [-0.2, 0) is 6.54 Å². The highest BCUT2D eigenvalue weighted by atomic mass is 16.5. The molecule has 0 saturated carbocycles. The van der Waals surface area contributed by atoms with Gasteiger partial charge in [-0.2, -0.15) is 0 Å². The molecule has 1 aromatic rings. The fourth-order valence-corrected chi connectivity index (χ4v) is 1.65. The van der Waals surface area contributed by atoms with E-state index >= 15 is 0 Å². The molecule has 0 aliphatic rings. The minimum Gasteiger partial charge on any atom is -0.490 e. The number of rotatable bonds is 7. The average Bonchev–Trinajstić information content (AvgIpc) is 2.38. The van der Waals surface area contributed by atoms with Crippen LogP contribution in [0.4, 0.5) is 0 Å². The van der Waals surface area contributed by atoms with Crippen molar-refractivity contribution >= 4 is 0 Å². The van der Waals surface area contributed by atoms with E-state index in [1.54, 1.807) is 0 Å². The van der Waals surface area contributed by atoms with Crippen molar-refractivity contribution in [2.45, 2.75) is 46.7 Å². The zero-order valence-corrected chi connectivity index (χ0v) is 13.3. The summed E-state index contributed by atoms with van der Waals surface area (Å²) < 4.78 is 11.4. The molecule has 3 nitrogen and oxygen atoms in total. The molecule has 0 aliphatic carbocycles. The smallest absolute Gasteiger partial charge is 0.161 e. The van der Waals surface area contributed by atoms with E-state index < -0.39 is 0 Å². The van der Waals surface area contributed by atoms with Gasteiger partial charge in [0.2, 0.25) is 0 Å². The Hall–Kier alpha value is -1.48. The van der Waals surface area contributed by atoms with Gasteiger partial charge in [-0.25, -0.2) is 0 Å². The van der Waals surface area contributed by atoms with Gasteiger partial charge in [-0.3, -0.25) is 0 Å². The molecule has 0 spiro atoms. The first-order valence-corrected chi connectivity index (χ1v) is 7.21. The minimum absolute atomic E-state index is 0.104. The molecule has 0 saturated heterocycles. The van der Waals surface area contributed by atoms with Crippen molar-refractivity contribution < 1.29 is 9.47 Å². The Labute approximate surface area is 123 Å². The lowest BCUT2D eigenvalue weighted by Gasteiger charge is -2.21. The predicted octanol–water partition coefficient (Wildman–Crippen LogP) is 3.93. The summed E-state index contributed by atoms with van der Waals surface area (Å²) in [6.45, 7) is 12.5. The van der Waals surface area contributed by atoms with Crippen molar-refractivity contribution in [3.8, 4) is 11.5 Å². The number of allylic oxidation sites excluding steroid dienone is 1.